The fourth-order valence-electron chi connectivity index (χ4n) is 12.0. The molecule has 8 bridgehead atoms. The molecule has 2 aromatic carbocycles. The zero-order valence-corrected chi connectivity index (χ0v) is 29.2. The first-order chi connectivity index (χ1) is 23.5. The Kier molecular flexibility index (Phi) is 7.50. The second-order valence-corrected chi connectivity index (χ2v) is 16.8. The molecule has 2 aliphatic carbocycles. The maximum absolute atomic E-state index is 14.6. The van der Waals surface area contributed by atoms with E-state index in [4.69, 9.17) is 9.47 Å². The molecule has 4 saturated heterocycles. The van der Waals surface area contributed by atoms with E-state index >= 15 is 0 Å². The molecular formula is C38H46N2O10. The molecule has 4 aliphatic heterocycles. The van der Waals surface area contributed by atoms with Crippen molar-refractivity contribution in [2.24, 2.45) is 21.7 Å². The first-order valence-corrected chi connectivity index (χ1v) is 17.2. The van der Waals surface area contributed by atoms with Gasteiger partial charge in [0.1, 0.15) is 11.2 Å². The number of hydrogen-bond acceptors (Lipinski definition) is 10. The molecule has 4 heterocycles. The van der Waals surface area contributed by atoms with E-state index in [1.165, 1.54) is 9.80 Å². The van der Waals surface area contributed by atoms with Crippen LogP contribution in [0.1, 0.15) is 64.5 Å². The van der Waals surface area contributed by atoms with Gasteiger partial charge >= 0.3 is 23.8 Å². The van der Waals surface area contributed by atoms with Gasteiger partial charge in [-0.15, -0.1) is 0 Å². The van der Waals surface area contributed by atoms with Gasteiger partial charge in [-0.3, -0.25) is 9.59 Å². The second kappa shape index (κ2) is 10.8. The summed E-state index contributed by atoms with van der Waals surface area (Å²) in [5.41, 5.74) is -6.57. The first-order valence-electron chi connectivity index (χ1n) is 17.2. The van der Waals surface area contributed by atoms with Gasteiger partial charge in [-0.25, -0.2) is 9.59 Å². The third kappa shape index (κ3) is 3.85. The number of carbonyl (C=O) groups is 4. The smallest absolute Gasteiger partial charge is 0.397 e. The normalized spacial score (nSPS) is 37.5. The number of hydrogen-bond donors (Lipinski definition) is 4. The molecule has 0 radical (unpaired) electrons. The van der Waals surface area contributed by atoms with Gasteiger partial charge in [0.05, 0.1) is 50.6 Å². The first kappa shape index (κ1) is 34.6. The predicted molar refractivity (Wildman–Crippen MR) is 177 cm³/mol. The highest BCUT2D eigenvalue weighted by molar-refractivity contribution is 6.34. The van der Waals surface area contributed by atoms with Crippen LogP contribution in [0.3, 0.4) is 0 Å². The number of amides is 2. The van der Waals surface area contributed by atoms with Crippen molar-refractivity contribution < 1.29 is 49.1 Å². The summed E-state index contributed by atoms with van der Waals surface area (Å²) in [5.74, 6) is -5.80. The van der Waals surface area contributed by atoms with Crippen LogP contribution in [0.25, 0.3) is 0 Å². The van der Waals surface area contributed by atoms with Crippen molar-refractivity contribution in [3.05, 3.63) is 71.8 Å². The molecule has 2 aromatic rings. The number of nitrogens with zero attached hydrogens (tertiary/aromatic N) is 2. The highest BCUT2D eigenvalue weighted by Gasteiger charge is 3.01. The summed E-state index contributed by atoms with van der Waals surface area (Å²) in [6, 6.07) is 14.0. The van der Waals surface area contributed by atoms with E-state index in [9.17, 15) is 39.6 Å². The minimum atomic E-state index is -1.48. The zero-order valence-electron chi connectivity index (χ0n) is 29.2. The van der Waals surface area contributed by atoms with E-state index in [2.05, 4.69) is 0 Å². The van der Waals surface area contributed by atoms with Crippen LogP contribution in [0.2, 0.25) is 0 Å². The Balaban J connectivity index is 1.57. The molecule has 12 nitrogen and oxygen atoms in total. The van der Waals surface area contributed by atoms with E-state index in [0.29, 0.717) is 11.1 Å². The highest BCUT2D eigenvalue weighted by Crippen LogP contribution is 2.91. The number of piperidine rings is 4. The van der Waals surface area contributed by atoms with Crippen molar-refractivity contribution in [1.82, 2.24) is 9.80 Å². The minimum absolute atomic E-state index is 0.630. The van der Waals surface area contributed by atoms with Gasteiger partial charge < -0.3 is 39.7 Å². The Labute approximate surface area is 291 Å². The van der Waals surface area contributed by atoms with Gasteiger partial charge in [-0.2, -0.15) is 0 Å². The van der Waals surface area contributed by atoms with E-state index in [-0.39, 0.29) is 0 Å². The second-order valence-electron chi connectivity index (χ2n) is 16.8. The maximum atomic E-state index is 14.6. The fourth-order valence-corrected chi connectivity index (χ4v) is 12.0. The number of aliphatic hydroxyl groups is 4. The van der Waals surface area contributed by atoms with Crippen LogP contribution >= 0.6 is 0 Å². The van der Waals surface area contributed by atoms with Gasteiger partial charge in [0, 0.05) is 33.5 Å². The van der Waals surface area contributed by atoms with Crippen molar-refractivity contribution in [3.63, 3.8) is 0 Å². The van der Waals surface area contributed by atoms with Gasteiger partial charge in [0.2, 0.25) is 0 Å². The Hall–Kier alpha value is -3.84. The van der Waals surface area contributed by atoms with Crippen LogP contribution in [-0.4, -0.2) is 116 Å². The Morgan fingerprint density at radius 1 is 0.540 bits per heavy atom. The topological polar surface area (TPSA) is 174 Å². The monoisotopic (exact) mass is 690 g/mol. The van der Waals surface area contributed by atoms with E-state index in [0.717, 1.165) is 0 Å². The quantitative estimate of drug-likeness (QED) is 0.256. The molecule has 0 unspecified atom stereocenters. The Morgan fingerprint density at radius 3 is 1.02 bits per heavy atom. The molecule has 2 saturated carbocycles. The minimum Gasteiger partial charge on any atom is -0.453 e. The predicted octanol–water partition coefficient (Wildman–Crippen LogP) is 1.35. The van der Waals surface area contributed by atoms with Crippen LogP contribution in [-0.2, 0) is 28.7 Å². The molecule has 268 valence electrons. The molecular weight excluding hydrogens is 644 g/mol. The maximum Gasteiger partial charge on any atom is 0.397 e. The third-order valence-corrected chi connectivity index (χ3v) is 12.3. The number of rotatable bonds is 6. The van der Waals surface area contributed by atoms with Crippen molar-refractivity contribution in [2.45, 2.75) is 88.7 Å². The number of aliphatic hydroxyl groups excluding tert-OH is 4. The highest BCUT2D eigenvalue weighted by atomic mass is 16.6. The number of benzene rings is 2. The number of esters is 2. The van der Waals surface area contributed by atoms with E-state index < -0.39 is 119 Å². The van der Waals surface area contributed by atoms with E-state index in [1.807, 2.05) is 60.7 Å². The van der Waals surface area contributed by atoms with Gasteiger partial charge in [0.15, 0.2) is 0 Å². The van der Waals surface area contributed by atoms with Crippen LogP contribution < -0.4 is 0 Å². The summed E-state index contributed by atoms with van der Waals surface area (Å²) in [6.45, 7) is 7.26. The van der Waals surface area contributed by atoms with Crippen LogP contribution in [0.5, 0.6) is 0 Å². The van der Waals surface area contributed by atoms with Crippen LogP contribution in [0.15, 0.2) is 60.7 Å². The molecule has 50 heavy (non-hydrogen) atoms. The molecule has 2 amide bonds. The lowest BCUT2D eigenvalue weighted by atomic mass is 9.16. The summed E-state index contributed by atoms with van der Waals surface area (Å²) in [5, 5.41) is 47.2. The molecule has 4 N–H and O–H groups in total. The lowest BCUT2D eigenvalue weighted by Gasteiger charge is -2.97. The van der Waals surface area contributed by atoms with Crippen molar-refractivity contribution in [1.29, 1.82) is 0 Å². The van der Waals surface area contributed by atoms with Gasteiger partial charge in [-0.1, -0.05) is 60.7 Å². The molecule has 6 fully saturated rings. The lowest BCUT2D eigenvalue weighted by molar-refractivity contribution is -0.474. The summed E-state index contributed by atoms with van der Waals surface area (Å²) in [6.07, 6.45) is 0. The summed E-state index contributed by atoms with van der Waals surface area (Å²) in [4.78, 5) is 59.3. The Morgan fingerprint density at radius 2 is 0.800 bits per heavy atom. The average molecular weight is 691 g/mol. The van der Waals surface area contributed by atoms with Crippen molar-refractivity contribution >= 4 is 23.8 Å². The molecule has 6 aliphatic rings. The summed E-state index contributed by atoms with van der Waals surface area (Å²) < 4.78 is 11.2. The molecule has 0 atom stereocenters. The molecule has 12 heteroatoms. The standard InChI is InChI=1S/C38H46N2O10/c1-33(2,3)49-27(47)25(45)39-29-35(17-41)23(21-13-9-7-10-14-21)36(18-42)30(39)38(20-44)24(22-15-11-8-12-16-22)37(29,19-43)31(35)40(32(36)38)26(46)28(48)50-34(4,5)6/h7-16,23-24,29-32,41-44H,17-20H2,1-6H3. The molecule has 0 spiro atoms. The van der Waals surface area contributed by atoms with Crippen molar-refractivity contribution in [3.8, 4) is 0 Å². The number of ether oxygens (including phenoxy) is 2. The molecule has 0 aromatic heterocycles. The van der Waals surface area contributed by atoms with Gasteiger partial charge in [0.25, 0.3) is 0 Å². The SMILES string of the molecule is CC(C)(C)OC(=O)C(=O)N1C2C3(CO)C(c4ccccc4)C4(CO)C1C1(CO)C(c5ccccc5)C2(CO)C3N(C(=O)C(=O)OC(C)(C)C)C41. The summed E-state index contributed by atoms with van der Waals surface area (Å²) in [7, 11) is 0. The van der Waals surface area contributed by atoms with Crippen LogP contribution in [0, 0.1) is 21.7 Å². The number of carbonyl (C=O) groups excluding carboxylic acids is 4. The lowest BCUT2D eigenvalue weighted by Crippen LogP contribution is -3.08. The van der Waals surface area contributed by atoms with Crippen molar-refractivity contribution in [2.75, 3.05) is 26.4 Å². The molecule has 8 rings (SSSR count). The summed E-state index contributed by atoms with van der Waals surface area (Å²) >= 11 is 0. The third-order valence-electron chi connectivity index (χ3n) is 12.3. The zero-order chi connectivity index (χ0) is 36.4. The van der Waals surface area contributed by atoms with Gasteiger partial charge in [-0.05, 0) is 52.7 Å². The Bertz CT molecular complexity index is 1540. The van der Waals surface area contributed by atoms with E-state index in [1.54, 1.807) is 41.5 Å². The average Bonchev–Trinajstić information content (AvgIpc) is 3.05. The van der Waals surface area contributed by atoms with Crippen LogP contribution in [0.4, 0.5) is 0 Å². The fraction of sp³-hybridized carbons (Fsp3) is 0.579. The largest absolute Gasteiger partial charge is 0.453 e.